The third kappa shape index (κ3) is 4.07. The van der Waals surface area contributed by atoms with Crippen molar-refractivity contribution in [1.82, 2.24) is 24.5 Å². The first-order valence-electron chi connectivity index (χ1n) is 11.6. The van der Waals surface area contributed by atoms with Crippen molar-refractivity contribution in [3.8, 4) is 12.1 Å². The van der Waals surface area contributed by atoms with E-state index in [2.05, 4.69) is 47.6 Å². The van der Waals surface area contributed by atoms with Gasteiger partial charge in [0.15, 0.2) is 17.2 Å². The average molecular weight is 493 g/mol. The molecule has 178 valence electrons. The lowest BCUT2D eigenvalue weighted by molar-refractivity contribution is 0.224. The van der Waals surface area contributed by atoms with Gasteiger partial charge in [-0.2, -0.15) is 20.0 Å². The maximum Gasteiger partial charge on any atom is 0.247 e. The highest BCUT2D eigenvalue weighted by Gasteiger charge is 2.37. The van der Waals surface area contributed by atoms with Crippen LogP contribution in [0, 0.1) is 22.7 Å². The van der Waals surface area contributed by atoms with Crippen LogP contribution in [-0.2, 0) is 0 Å². The largest absolute Gasteiger partial charge is 0.367 e. The SMILES string of the molecule is N#Cc1cc(Nc2nc(NC3CC3)c3ncc(C#N)n3n2)c(Cl)c(N2CCN3CC(F)CC3C2)c1. The van der Waals surface area contributed by atoms with Gasteiger partial charge in [0, 0.05) is 38.3 Å². The molecule has 3 aliphatic rings. The second-order valence-corrected chi connectivity index (χ2v) is 9.59. The van der Waals surface area contributed by atoms with Crippen LogP contribution in [0.2, 0.25) is 5.02 Å². The van der Waals surface area contributed by atoms with Gasteiger partial charge in [0.2, 0.25) is 5.95 Å². The molecule has 2 unspecified atom stereocenters. The molecule has 2 aromatic heterocycles. The maximum atomic E-state index is 13.9. The molecular formula is C23H22ClFN10. The number of aromatic nitrogens is 4. The Morgan fingerprint density at radius 2 is 2.00 bits per heavy atom. The number of piperazine rings is 1. The van der Waals surface area contributed by atoms with Crippen molar-refractivity contribution in [3.05, 3.63) is 34.6 Å². The first-order chi connectivity index (χ1) is 17.0. The average Bonchev–Trinajstić information content (AvgIpc) is 3.44. The van der Waals surface area contributed by atoms with Gasteiger partial charge in [0.25, 0.3) is 0 Å². The highest BCUT2D eigenvalue weighted by Crippen LogP contribution is 2.38. The van der Waals surface area contributed by atoms with Crippen LogP contribution in [0.1, 0.15) is 30.5 Å². The summed E-state index contributed by atoms with van der Waals surface area (Å²) in [6, 6.07) is 8.14. The summed E-state index contributed by atoms with van der Waals surface area (Å²) in [6.45, 7) is 2.56. The molecule has 3 fully saturated rings. The second kappa shape index (κ2) is 8.52. The van der Waals surface area contributed by atoms with Crippen molar-refractivity contribution < 1.29 is 4.39 Å². The fourth-order valence-corrected chi connectivity index (χ4v) is 5.12. The van der Waals surface area contributed by atoms with Gasteiger partial charge < -0.3 is 15.5 Å². The number of rotatable bonds is 5. The van der Waals surface area contributed by atoms with Crippen LogP contribution in [0.25, 0.3) is 5.65 Å². The minimum atomic E-state index is -0.801. The van der Waals surface area contributed by atoms with E-state index in [4.69, 9.17) is 11.6 Å². The molecule has 12 heteroatoms. The lowest BCUT2D eigenvalue weighted by atomic mass is 10.1. The molecule has 6 rings (SSSR count). The number of imidazole rings is 1. The van der Waals surface area contributed by atoms with Gasteiger partial charge in [-0.25, -0.2) is 9.37 Å². The summed E-state index contributed by atoms with van der Waals surface area (Å²) in [7, 11) is 0. The van der Waals surface area contributed by atoms with Crippen molar-refractivity contribution in [2.75, 3.05) is 41.7 Å². The normalized spacial score (nSPS) is 22.0. The first kappa shape index (κ1) is 21.8. The fraction of sp³-hybridized carbons (Fsp3) is 0.435. The van der Waals surface area contributed by atoms with Crippen LogP contribution in [0.3, 0.4) is 0 Å². The summed E-state index contributed by atoms with van der Waals surface area (Å²) < 4.78 is 15.4. The Balaban J connectivity index is 1.35. The highest BCUT2D eigenvalue weighted by molar-refractivity contribution is 6.36. The number of hydrogen-bond acceptors (Lipinski definition) is 9. The van der Waals surface area contributed by atoms with Crippen molar-refractivity contribution >= 4 is 40.4 Å². The van der Waals surface area contributed by atoms with Crippen LogP contribution in [0.5, 0.6) is 0 Å². The third-order valence-corrected chi connectivity index (χ3v) is 7.13. The maximum absolute atomic E-state index is 13.9. The molecule has 0 amide bonds. The number of benzene rings is 1. The Bertz CT molecular complexity index is 1390. The number of alkyl halides is 1. The van der Waals surface area contributed by atoms with Gasteiger partial charge in [0.1, 0.15) is 12.2 Å². The van der Waals surface area contributed by atoms with Crippen LogP contribution in [0.15, 0.2) is 18.3 Å². The summed E-state index contributed by atoms with van der Waals surface area (Å²) in [6.07, 6.45) is 3.25. The summed E-state index contributed by atoms with van der Waals surface area (Å²) >= 11 is 6.84. The van der Waals surface area contributed by atoms with E-state index in [1.807, 2.05) is 0 Å². The van der Waals surface area contributed by atoms with Crippen LogP contribution >= 0.6 is 11.6 Å². The van der Waals surface area contributed by atoms with E-state index in [1.165, 1.54) is 10.7 Å². The quantitative estimate of drug-likeness (QED) is 0.553. The lowest BCUT2D eigenvalue weighted by Crippen LogP contribution is -2.50. The van der Waals surface area contributed by atoms with Gasteiger partial charge in [-0.3, -0.25) is 4.90 Å². The molecule has 1 aromatic carbocycles. The first-order valence-corrected chi connectivity index (χ1v) is 12.0. The highest BCUT2D eigenvalue weighted by atomic mass is 35.5. The third-order valence-electron chi connectivity index (χ3n) is 6.73. The summed E-state index contributed by atoms with van der Waals surface area (Å²) in [5.74, 6) is 0.747. The molecule has 1 aliphatic carbocycles. The zero-order valence-corrected chi connectivity index (χ0v) is 19.5. The number of halogens is 2. The van der Waals surface area contributed by atoms with Gasteiger partial charge >= 0.3 is 0 Å². The molecule has 35 heavy (non-hydrogen) atoms. The molecule has 1 saturated carbocycles. The molecular weight excluding hydrogens is 471 g/mol. The summed E-state index contributed by atoms with van der Waals surface area (Å²) in [4.78, 5) is 13.2. The van der Waals surface area contributed by atoms with Crippen LogP contribution in [-0.4, -0.2) is 68.9 Å². The predicted octanol–water partition coefficient (Wildman–Crippen LogP) is 3.07. The second-order valence-electron chi connectivity index (χ2n) is 9.21. The molecule has 0 bridgehead atoms. The van der Waals surface area contributed by atoms with E-state index in [-0.39, 0.29) is 17.7 Å². The van der Waals surface area contributed by atoms with Gasteiger partial charge in [-0.15, -0.1) is 5.10 Å². The van der Waals surface area contributed by atoms with E-state index >= 15 is 0 Å². The Morgan fingerprint density at radius 3 is 2.77 bits per heavy atom. The number of nitrogens with zero attached hydrogens (tertiary/aromatic N) is 8. The molecule has 10 nitrogen and oxygen atoms in total. The number of anilines is 4. The van der Waals surface area contributed by atoms with Crippen LogP contribution < -0.4 is 15.5 Å². The standard InChI is InChI=1S/C23H22ClFN10/c24-20-18(5-13(8-26)6-19(20)34-4-3-33-11-14(25)7-16(33)12-34)30-23-31-21(29-15-1-2-15)22-28-10-17(9-27)35(22)32-23/h5-6,10,14-16H,1-4,7,11-12H2,(H2,29,30,31,32). The van der Waals surface area contributed by atoms with Crippen molar-refractivity contribution in [1.29, 1.82) is 10.5 Å². The van der Waals surface area contributed by atoms with Gasteiger partial charge in [0.05, 0.1) is 34.2 Å². The number of fused-ring (bicyclic) bond motifs is 2. The molecule has 0 spiro atoms. The van der Waals surface area contributed by atoms with E-state index in [0.717, 1.165) is 19.4 Å². The van der Waals surface area contributed by atoms with Gasteiger partial charge in [-0.05, 0) is 31.4 Å². The number of hydrogen-bond donors (Lipinski definition) is 2. The Kier molecular flexibility index (Phi) is 5.32. The fourth-order valence-electron chi connectivity index (χ4n) is 4.84. The zero-order chi connectivity index (χ0) is 24.1. The monoisotopic (exact) mass is 492 g/mol. The Morgan fingerprint density at radius 1 is 1.14 bits per heavy atom. The van der Waals surface area contributed by atoms with E-state index in [0.29, 0.717) is 65.5 Å². The Hall–Kier alpha value is -3.67. The van der Waals surface area contributed by atoms with Gasteiger partial charge in [-0.1, -0.05) is 11.6 Å². The lowest BCUT2D eigenvalue weighted by Gasteiger charge is -2.39. The molecule has 2 atom stereocenters. The minimum absolute atomic E-state index is 0.129. The Labute approximate surface area is 205 Å². The number of nitriles is 2. The predicted molar refractivity (Wildman–Crippen MR) is 129 cm³/mol. The van der Waals surface area contributed by atoms with E-state index < -0.39 is 6.17 Å². The van der Waals surface area contributed by atoms with Crippen LogP contribution in [0.4, 0.5) is 27.5 Å². The molecule has 4 heterocycles. The van der Waals surface area contributed by atoms with Crippen molar-refractivity contribution in [3.63, 3.8) is 0 Å². The topological polar surface area (TPSA) is 121 Å². The van der Waals surface area contributed by atoms with E-state index in [1.54, 1.807) is 12.1 Å². The molecule has 3 aromatic rings. The van der Waals surface area contributed by atoms with E-state index in [9.17, 15) is 14.9 Å². The summed E-state index contributed by atoms with van der Waals surface area (Å²) in [5, 5.41) is 30.5. The smallest absolute Gasteiger partial charge is 0.247 e. The molecule has 0 radical (unpaired) electrons. The van der Waals surface area contributed by atoms with Crippen molar-refractivity contribution in [2.24, 2.45) is 0 Å². The minimum Gasteiger partial charge on any atom is -0.367 e. The molecule has 2 aliphatic heterocycles. The number of nitrogens with one attached hydrogen (secondary N) is 2. The molecule has 2 saturated heterocycles. The molecule has 2 N–H and O–H groups in total. The zero-order valence-electron chi connectivity index (χ0n) is 18.7. The van der Waals surface area contributed by atoms with Crippen molar-refractivity contribution in [2.45, 2.75) is 37.5 Å². The summed E-state index contributed by atoms with van der Waals surface area (Å²) in [5.41, 5.74) is 2.38.